The molecule has 0 unspecified atom stereocenters. The maximum absolute atomic E-state index is 12.1. The van der Waals surface area contributed by atoms with Gasteiger partial charge in [-0.3, -0.25) is 4.79 Å². The molecule has 1 heterocycles. The van der Waals surface area contributed by atoms with Crippen molar-refractivity contribution in [1.29, 1.82) is 5.26 Å². The van der Waals surface area contributed by atoms with Crippen molar-refractivity contribution in [2.45, 2.75) is 33.7 Å². The van der Waals surface area contributed by atoms with Crippen LogP contribution in [0.15, 0.2) is 35.9 Å². The van der Waals surface area contributed by atoms with E-state index in [-0.39, 0.29) is 17.5 Å². The fourth-order valence-corrected chi connectivity index (χ4v) is 2.77. The standard InChI is InChI=1S/C19H20ClN3O/c1-12(2)22-19(24)16(11-21)9-15-8-13(3)23(14(15)4)18-7-5-6-17(20)10-18/h5-10,12H,1-4H3,(H,22,24)/b16-9-. The second-order valence-corrected chi connectivity index (χ2v) is 6.38. The first kappa shape index (κ1) is 17.8. The number of nitrogens with one attached hydrogen (secondary N) is 1. The molecule has 0 saturated carbocycles. The van der Waals surface area contributed by atoms with Gasteiger partial charge in [-0.2, -0.15) is 5.26 Å². The zero-order valence-electron chi connectivity index (χ0n) is 14.2. The van der Waals surface area contributed by atoms with E-state index in [2.05, 4.69) is 5.32 Å². The fourth-order valence-electron chi connectivity index (χ4n) is 2.59. The SMILES string of the molecule is Cc1cc(/C=C(/C#N)C(=O)NC(C)C)c(C)n1-c1cccc(Cl)c1. The first-order valence-corrected chi connectivity index (χ1v) is 8.08. The molecule has 0 atom stereocenters. The molecule has 24 heavy (non-hydrogen) atoms. The third-order valence-corrected chi connectivity index (χ3v) is 3.86. The predicted molar refractivity (Wildman–Crippen MR) is 97.1 cm³/mol. The third kappa shape index (κ3) is 3.87. The van der Waals surface area contributed by atoms with Gasteiger partial charge in [0.05, 0.1) is 0 Å². The maximum Gasteiger partial charge on any atom is 0.262 e. The Balaban J connectivity index is 2.47. The summed E-state index contributed by atoms with van der Waals surface area (Å²) in [5.74, 6) is -0.361. The Bertz CT molecular complexity index is 841. The number of carbonyl (C=O) groups is 1. The Hall–Kier alpha value is -2.51. The Morgan fingerprint density at radius 1 is 1.33 bits per heavy atom. The maximum atomic E-state index is 12.1. The lowest BCUT2D eigenvalue weighted by Gasteiger charge is -2.10. The number of hydrogen-bond donors (Lipinski definition) is 1. The van der Waals surface area contributed by atoms with E-state index in [1.165, 1.54) is 0 Å². The number of nitriles is 1. The Kier molecular flexibility index (Phi) is 5.48. The molecule has 0 aliphatic heterocycles. The van der Waals surface area contributed by atoms with Crippen LogP contribution in [0.25, 0.3) is 11.8 Å². The molecule has 4 nitrogen and oxygen atoms in total. The average molecular weight is 342 g/mol. The van der Waals surface area contributed by atoms with Crippen LogP contribution in [-0.4, -0.2) is 16.5 Å². The molecule has 0 bridgehead atoms. The minimum Gasteiger partial charge on any atom is -0.349 e. The van der Waals surface area contributed by atoms with Gasteiger partial charge in [0.15, 0.2) is 0 Å². The number of aromatic nitrogens is 1. The first-order chi connectivity index (χ1) is 11.3. The van der Waals surface area contributed by atoms with Crippen molar-refractivity contribution in [3.05, 3.63) is 57.9 Å². The number of hydrogen-bond acceptors (Lipinski definition) is 2. The van der Waals surface area contributed by atoms with Gasteiger partial charge in [0.2, 0.25) is 0 Å². The van der Waals surface area contributed by atoms with Crippen molar-refractivity contribution >= 4 is 23.6 Å². The van der Waals surface area contributed by atoms with Crippen LogP contribution < -0.4 is 5.32 Å². The number of nitrogens with zero attached hydrogens (tertiary/aromatic N) is 2. The van der Waals surface area contributed by atoms with Crippen LogP contribution in [-0.2, 0) is 4.79 Å². The molecule has 1 amide bonds. The second kappa shape index (κ2) is 7.37. The van der Waals surface area contributed by atoms with Crippen molar-refractivity contribution in [2.24, 2.45) is 0 Å². The highest BCUT2D eigenvalue weighted by atomic mass is 35.5. The van der Waals surface area contributed by atoms with Crippen molar-refractivity contribution in [3.63, 3.8) is 0 Å². The molecule has 1 aromatic carbocycles. The van der Waals surface area contributed by atoms with E-state index < -0.39 is 0 Å². The van der Waals surface area contributed by atoms with Crippen LogP contribution >= 0.6 is 11.6 Å². The number of halogens is 1. The molecule has 1 N–H and O–H groups in total. The normalized spacial score (nSPS) is 11.5. The molecule has 0 aliphatic carbocycles. The minimum atomic E-state index is -0.361. The van der Waals surface area contributed by atoms with Gasteiger partial charge in [0, 0.05) is 28.1 Å². The second-order valence-electron chi connectivity index (χ2n) is 5.94. The lowest BCUT2D eigenvalue weighted by atomic mass is 10.1. The van der Waals surface area contributed by atoms with Gasteiger partial charge in [-0.1, -0.05) is 17.7 Å². The van der Waals surface area contributed by atoms with Gasteiger partial charge in [-0.25, -0.2) is 0 Å². The summed E-state index contributed by atoms with van der Waals surface area (Å²) in [4.78, 5) is 12.1. The molecule has 0 spiro atoms. The predicted octanol–water partition coefficient (Wildman–Crippen LogP) is 4.18. The topological polar surface area (TPSA) is 57.8 Å². The number of rotatable bonds is 4. The summed E-state index contributed by atoms with van der Waals surface area (Å²) in [6.45, 7) is 7.65. The summed E-state index contributed by atoms with van der Waals surface area (Å²) in [7, 11) is 0. The van der Waals surface area contributed by atoms with Gasteiger partial charge in [-0.15, -0.1) is 0 Å². The number of aryl methyl sites for hydroxylation is 1. The monoisotopic (exact) mass is 341 g/mol. The molecule has 0 saturated heterocycles. The minimum absolute atomic E-state index is 0.0202. The van der Waals surface area contributed by atoms with Crippen LogP contribution in [0, 0.1) is 25.2 Å². The Morgan fingerprint density at radius 3 is 2.62 bits per heavy atom. The van der Waals surface area contributed by atoms with Gasteiger partial charge in [0.25, 0.3) is 5.91 Å². The Morgan fingerprint density at radius 2 is 2.04 bits per heavy atom. The van der Waals surface area contributed by atoms with Crippen LogP contribution in [0.5, 0.6) is 0 Å². The third-order valence-electron chi connectivity index (χ3n) is 3.62. The molecule has 0 aliphatic rings. The van der Waals surface area contributed by atoms with Crippen molar-refractivity contribution in [3.8, 4) is 11.8 Å². The molecule has 0 radical (unpaired) electrons. The molecule has 1 aromatic heterocycles. The van der Waals surface area contributed by atoms with E-state index in [1.54, 1.807) is 6.08 Å². The van der Waals surface area contributed by atoms with E-state index >= 15 is 0 Å². The molecule has 5 heteroatoms. The van der Waals surface area contributed by atoms with Crippen molar-refractivity contribution in [1.82, 2.24) is 9.88 Å². The van der Waals surface area contributed by atoms with Gasteiger partial charge < -0.3 is 9.88 Å². The summed E-state index contributed by atoms with van der Waals surface area (Å²) in [6, 6.07) is 11.5. The molecule has 124 valence electrons. The lowest BCUT2D eigenvalue weighted by molar-refractivity contribution is -0.117. The molecular weight excluding hydrogens is 322 g/mol. The first-order valence-electron chi connectivity index (χ1n) is 7.71. The highest BCUT2D eigenvalue weighted by molar-refractivity contribution is 6.30. The quantitative estimate of drug-likeness (QED) is 0.670. The van der Waals surface area contributed by atoms with Gasteiger partial charge in [0.1, 0.15) is 11.6 Å². The Labute approximate surface area is 147 Å². The smallest absolute Gasteiger partial charge is 0.262 e. The molecule has 2 aromatic rings. The highest BCUT2D eigenvalue weighted by Crippen LogP contribution is 2.24. The summed E-state index contributed by atoms with van der Waals surface area (Å²) >= 11 is 6.08. The van der Waals surface area contributed by atoms with Crippen LogP contribution in [0.2, 0.25) is 5.02 Å². The van der Waals surface area contributed by atoms with Crippen LogP contribution in [0.3, 0.4) is 0 Å². The van der Waals surface area contributed by atoms with E-state index in [9.17, 15) is 10.1 Å². The largest absolute Gasteiger partial charge is 0.349 e. The van der Waals surface area contributed by atoms with Gasteiger partial charge >= 0.3 is 0 Å². The van der Waals surface area contributed by atoms with E-state index in [0.29, 0.717) is 5.02 Å². The van der Waals surface area contributed by atoms with Crippen molar-refractivity contribution < 1.29 is 4.79 Å². The average Bonchev–Trinajstić information content (AvgIpc) is 2.78. The number of benzene rings is 1. The highest BCUT2D eigenvalue weighted by Gasteiger charge is 2.14. The zero-order chi connectivity index (χ0) is 17.9. The summed E-state index contributed by atoms with van der Waals surface area (Å²) in [6.07, 6.45) is 1.63. The lowest BCUT2D eigenvalue weighted by Crippen LogP contribution is -2.30. The van der Waals surface area contributed by atoms with Crippen molar-refractivity contribution in [2.75, 3.05) is 0 Å². The summed E-state index contributed by atoms with van der Waals surface area (Å²) in [5.41, 5.74) is 3.82. The van der Waals surface area contributed by atoms with Crippen LogP contribution in [0.4, 0.5) is 0 Å². The van der Waals surface area contributed by atoms with E-state index in [1.807, 2.05) is 68.7 Å². The number of amides is 1. The summed E-state index contributed by atoms with van der Waals surface area (Å²) < 4.78 is 2.05. The molecular formula is C19H20ClN3O. The molecule has 0 fully saturated rings. The van der Waals surface area contributed by atoms with E-state index in [0.717, 1.165) is 22.6 Å². The fraction of sp³-hybridized carbons (Fsp3) is 0.263. The van der Waals surface area contributed by atoms with Crippen LogP contribution in [0.1, 0.15) is 30.8 Å². The van der Waals surface area contributed by atoms with Gasteiger partial charge in [-0.05, 0) is 63.6 Å². The zero-order valence-corrected chi connectivity index (χ0v) is 15.0. The summed E-state index contributed by atoms with van der Waals surface area (Å²) in [5, 5.41) is 12.7. The number of carbonyl (C=O) groups excluding carboxylic acids is 1. The van der Waals surface area contributed by atoms with E-state index in [4.69, 9.17) is 11.6 Å². The molecule has 2 rings (SSSR count).